The molecule has 148 valence electrons. The summed E-state index contributed by atoms with van der Waals surface area (Å²) in [5.41, 5.74) is 3.12. The van der Waals surface area contributed by atoms with Crippen LogP contribution in [0.15, 0.2) is 78.9 Å². The quantitative estimate of drug-likeness (QED) is 0.667. The zero-order chi connectivity index (χ0) is 20.2. The van der Waals surface area contributed by atoms with Gasteiger partial charge in [-0.25, -0.2) is 0 Å². The predicted octanol–water partition coefficient (Wildman–Crippen LogP) is 4.12. The van der Waals surface area contributed by atoms with Crippen LogP contribution in [0.5, 0.6) is 0 Å². The zero-order valence-electron chi connectivity index (χ0n) is 16.0. The molecule has 0 saturated carbocycles. The molecule has 0 atom stereocenters. The summed E-state index contributed by atoms with van der Waals surface area (Å²) in [6.45, 7) is 3.16. The third kappa shape index (κ3) is 4.48. The van der Waals surface area contributed by atoms with Gasteiger partial charge in [0.1, 0.15) is 6.04 Å². The molecule has 1 N–H and O–H groups in total. The van der Waals surface area contributed by atoms with E-state index in [0.29, 0.717) is 28.7 Å². The topological polar surface area (TPSA) is 24.8 Å². The van der Waals surface area contributed by atoms with Gasteiger partial charge < -0.3 is 9.80 Å². The predicted molar refractivity (Wildman–Crippen MR) is 118 cm³/mol. The molecule has 0 aromatic heterocycles. The van der Waals surface area contributed by atoms with Gasteiger partial charge in [-0.3, -0.25) is 4.79 Å². The minimum atomic E-state index is -0.0262. The van der Waals surface area contributed by atoms with Crippen LogP contribution < -0.4 is 4.90 Å². The molecule has 0 bridgehead atoms. The molecule has 1 aliphatic heterocycles. The minimum absolute atomic E-state index is 0.0262. The van der Waals surface area contributed by atoms with Crippen molar-refractivity contribution in [3.8, 4) is 0 Å². The van der Waals surface area contributed by atoms with Gasteiger partial charge in [0.15, 0.2) is 0 Å². The van der Waals surface area contributed by atoms with E-state index in [4.69, 9.17) is 23.2 Å². The number of carbonyl (C=O) groups excluding carboxylic acids is 1. The lowest BCUT2D eigenvalue weighted by Crippen LogP contribution is -3.15. The van der Waals surface area contributed by atoms with Gasteiger partial charge in [0.05, 0.1) is 36.8 Å². The molecule has 29 heavy (non-hydrogen) atoms. The highest BCUT2D eigenvalue weighted by atomic mass is 35.5. The molecule has 5 heteroatoms. The molecule has 3 aromatic carbocycles. The lowest BCUT2D eigenvalue weighted by Gasteiger charge is -2.37. The molecular formula is C24H23Cl2N2O+. The van der Waals surface area contributed by atoms with E-state index in [-0.39, 0.29) is 11.9 Å². The number of piperazine rings is 1. The molecule has 0 radical (unpaired) electrons. The van der Waals surface area contributed by atoms with Crippen LogP contribution in [0.3, 0.4) is 0 Å². The Kier molecular flexibility index (Phi) is 6.19. The SMILES string of the molecule is O=C(c1ccc(Cl)cc1Cl)N1CC[NH+](C(c2ccccc2)c2ccccc2)CC1. The van der Waals surface area contributed by atoms with Crippen LogP contribution >= 0.6 is 23.2 Å². The van der Waals surface area contributed by atoms with E-state index in [2.05, 4.69) is 48.5 Å². The van der Waals surface area contributed by atoms with Crippen LogP contribution in [-0.2, 0) is 0 Å². The molecule has 0 spiro atoms. The van der Waals surface area contributed by atoms with Gasteiger partial charge in [-0.1, -0.05) is 83.9 Å². The summed E-state index contributed by atoms with van der Waals surface area (Å²) in [4.78, 5) is 16.3. The maximum atomic E-state index is 12.9. The fraction of sp³-hybridized carbons (Fsp3) is 0.208. The highest BCUT2D eigenvalue weighted by Crippen LogP contribution is 2.23. The number of benzene rings is 3. The van der Waals surface area contributed by atoms with Gasteiger partial charge in [-0.15, -0.1) is 0 Å². The van der Waals surface area contributed by atoms with Crippen LogP contribution in [0.1, 0.15) is 27.5 Å². The van der Waals surface area contributed by atoms with Gasteiger partial charge in [0.25, 0.3) is 5.91 Å². The first kappa shape index (κ1) is 20.0. The summed E-state index contributed by atoms with van der Waals surface area (Å²) < 4.78 is 0. The van der Waals surface area contributed by atoms with Crippen LogP contribution in [0.25, 0.3) is 0 Å². The Balaban J connectivity index is 1.52. The summed E-state index contributed by atoms with van der Waals surface area (Å²) in [5, 5.41) is 0.943. The molecular weight excluding hydrogens is 403 g/mol. The second kappa shape index (κ2) is 9.00. The van der Waals surface area contributed by atoms with Gasteiger partial charge in [-0.05, 0) is 18.2 Å². The number of amides is 1. The number of hydrogen-bond acceptors (Lipinski definition) is 1. The Labute approximate surface area is 181 Å². The number of halogens is 2. The Morgan fingerprint density at radius 2 is 1.38 bits per heavy atom. The van der Waals surface area contributed by atoms with Crippen LogP contribution in [0.4, 0.5) is 0 Å². The van der Waals surface area contributed by atoms with Crippen molar-refractivity contribution in [1.29, 1.82) is 0 Å². The summed E-state index contributed by atoms with van der Waals surface area (Å²) in [7, 11) is 0. The van der Waals surface area contributed by atoms with E-state index in [1.807, 2.05) is 17.0 Å². The number of carbonyl (C=O) groups is 1. The summed E-state index contributed by atoms with van der Waals surface area (Å²) in [5.74, 6) is -0.0262. The zero-order valence-corrected chi connectivity index (χ0v) is 17.5. The Hall–Kier alpha value is -2.33. The van der Waals surface area contributed by atoms with E-state index in [9.17, 15) is 4.79 Å². The van der Waals surface area contributed by atoms with Crippen molar-refractivity contribution in [2.45, 2.75) is 6.04 Å². The van der Waals surface area contributed by atoms with Crippen LogP contribution in [0, 0.1) is 0 Å². The number of rotatable bonds is 4. The number of nitrogens with one attached hydrogen (secondary N) is 1. The fourth-order valence-corrected chi connectivity index (χ4v) is 4.56. The fourth-order valence-electron chi connectivity index (χ4n) is 4.07. The van der Waals surface area contributed by atoms with Crippen LogP contribution in [0.2, 0.25) is 10.0 Å². The van der Waals surface area contributed by atoms with Crippen LogP contribution in [-0.4, -0.2) is 37.0 Å². The molecule has 1 saturated heterocycles. The maximum Gasteiger partial charge on any atom is 0.255 e. The van der Waals surface area contributed by atoms with E-state index < -0.39 is 0 Å². The third-order valence-electron chi connectivity index (χ3n) is 5.53. The molecule has 3 aromatic rings. The standard InChI is InChI=1S/C24H22Cl2N2O/c25-20-11-12-21(22(26)17-20)24(29)28-15-13-27(14-16-28)23(18-7-3-1-4-8-18)19-9-5-2-6-10-19/h1-12,17,23H,13-16H2/p+1. The van der Waals surface area contributed by atoms with Gasteiger partial charge in [-0.2, -0.15) is 0 Å². The number of quaternary nitrogens is 1. The summed E-state index contributed by atoms with van der Waals surface area (Å²) in [6, 6.07) is 26.5. The van der Waals surface area contributed by atoms with Crippen molar-refractivity contribution < 1.29 is 9.69 Å². The largest absolute Gasteiger partial charge is 0.327 e. The van der Waals surface area contributed by atoms with E-state index in [1.165, 1.54) is 16.0 Å². The van der Waals surface area contributed by atoms with Crippen molar-refractivity contribution in [3.05, 3.63) is 106 Å². The first-order valence-electron chi connectivity index (χ1n) is 9.82. The van der Waals surface area contributed by atoms with Gasteiger partial charge >= 0.3 is 0 Å². The Bertz CT molecular complexity index is 931. The van der Waals surface area contributed by atoms with Crippen molar-refractivity contribution in [1.82, 2.24) is 4.90 Å². The molecule has 0 aliphatic carbocycles. The normalized spacial score (nSPS) is 14.9. The van der Waals surface area contributed by atoms with Crippen molar-refractivity contribution in [2.75, 3.05) is 26.2 Å². The molecule has 1 aliphatic rings. The minimum Gasteiger partial charge on any atom is -0.327 e. The van der Waals surface area contributed by atoms with E-state index in [1.54, 1.807) is 18.2 Å². The average molecular weight is 426 g/mol. The molecule has 4 rings (SSSR count). The van der Waals surface area contributed by atoms with Crippen molar-refractivity contribution in [2.24, 2.45) is 0 Å². The second-order valence-electron chi connectivity index (χ2n) is 7.33. The van der Waals surface area contributed by atoms with Crippen molar-refractivity contribution >= 4 is 29.1 Å². The number of hydrogen-bond donors (Lipinski definition) is 1. The Morgan fingerprint density at radius 3 is 1.90 bits per heavy atom. The Morgan fingerprint density at radius 1 is 0.828 bits per heavy atom. The first-order chi connectivity index (χ1) is 14.1. The molecule has 1 amide bonds. The smallest absolute Gasteiger partial charge is 0.255 e. The third-order valence-corrected chi connectivity index (χ3v) is 6.08. The average Bonchev–Trinajstić information content (AvgIpc) is 2.76. The summed E-state index contributed by atoms with van der Waals surface area (Å²) >= 11 is 12.2. The molecule has 0 unspecified atom stereocenters. The highest BCUT2D eigenvalue weighted by molar-refractivity contribution is 6.36. The first-order valence-corrected chi connectivity index (χ1v) is 10.6. The molecule has 1 heterocycles. The van der Waals surface area contributed by atoms with E-state index >= 15 is 0 Å². The highest BCUT2D eigenvalue weighted by Gasteiger charge is 2.32. The lowest BCUT2D eigenvalue weighted by molar-refractivity contribution is -0.929. The second-order valence-corrected chi connectivity index (χ2v) is 8.17. The molecule has 1 fully saturated rings. The van der Waals surface area contributed by atoms with E-state index in [0.717, 1.165) is 13.1 Å². The van der Waals surface area contributed by atoms with Gasteiger partial charge in [0.2, 0.25) is 0 Å². The van der Waals surface area contributed by atoms with Gasteiger partial charge in [0, 0.05) is 16.1 Å². The molecule has 3 nitrogen and oxygen atoms in total. The number of nitrogens with zero attached hydrogens (tertiary/aromatic N) is 1. The summed E-state index contributed by atoms with van der Waals surface area (Å²) in [6.07, 6.45) is 0. The maximum absolute atomic E-state index is 12.9. The lowest BCUT2D eigenvalue weighted by atomic mass is 9.96. The van der Waals surface area contributed by atoms with Crippen molar-refractivity contribution in [3.63, 3.8) is 0 Å². The monoisotopic (exact) mass is 425 g/mol.